The summed E-state index contributed by atoms with van der Waals surface area (Å²) in [5.74, 6) is 0.705. The predicted molar refractivity (Wildman–Crippen MR) is 61.7 cm³/mol. The fraction of sp³-hybridized carbons (Fsp3) is 0.462. The van der Waals surface area contributed by atoms with Gasteiger partial charge in [-0.3, -0.25) is 4.79 Å². The lowest BCUT2D eigenvalue weighted by Gasteiger charge is -2.16. The van der Waals surface area contributed by atoms with Gasteiger partial charge in [-0.2, -0.15) is 0 Å². The molecule has 0 unspecified atom stereocenters. The summed E-state index contributed by atoms with van der Waals surface area (Å²) < 4.78 is 0. The molecule has 0 saturated heterocycles. The van der Waals surface area contributed by atoms with E-state index >= 15 is 0 Å². The Hall–Kier alpha value is -1.31. The molecule has 1 rings (SSSR count). The maximum atomic E-state index is 10.9. The largest absolute Gasteiger partial charge is 0.507 e. The molecule has 0 radical (unpaired) electrons. The summed E-state index contributed by atoms with van der Waals surface area (Å²) in [5.41, 5.74) is 2.26. The van der Waals surface area contributed by atoms with Gasteiger partial charge in [-0.1, -0.05) is 39.8 Å². The Balaban J connectivity index is 3.42. The Kier molecular flexibility index (Phi) is 3.51. The Bertz CT molecular complexity index is 365. The zero-order chi connectivity index (χ0) is 11.6. The van der Waals surface area contributed by atoms with Gasteiger partial charge in [0, 0.05) is 11.1 Å². The van der Waals surface area contributed by atoms with Crippen molar-refractivity contribution in [3.8, 4) is 5.75 Å². The van der Waals surface area contributed by atoms with Gasteiger partial charge in [-0.25, -0.2) is 0 Å². The van der Waals surface area contributed by atoms with Crippen LogP contribution in [0.25, 0.3) is 0 Å². The van der Waals surface area contributed by atoms with Gasteiger partial charge < -0.3 is 5.11 Å². The topological polar surface area (TPSA) is 37.3 Å². The van der Waals surface area contributed by atoms with E-state index in [0.717, 1.165) is 17.4 Å². The Morgan fingerprint density at radius 1 is 1.13 bits per heavy atom. The summed E-state index contributed by atoms with van der Waals surface area (Å²) in [4.78, 5) is 10.9. The highest BCUT2D eigenvalue weighted by Gasteiger charge is 2.16. The number of phenols is 1. The normalized spacial score (nSPS) is 11.1. The second-order valence-electron chi connectivity index (χ2n) is 4.43. The van der Waals surface area contributed by atoms with Crippen molar-refractivity contribution in [2.24, 2.45) is 0 Å². The van der Waals surface area contributed by atoms with E-state index < -0.39 is 0 Å². The van der Waals surface area contributed by atoms with Crippen molar-refractivity contribution in [3.05, 3.63) is 28.8 Å². The molecule has 2 nitrogen and oxygen atoms in total. The Labute approximate surface area is 90.9 Å². The van der Waals surface area contributed by atoms with Gasteiger partial charge >= 0.3 is 0 Å². The number of hydrogen-bond acceptors (Lipinski definition) is 2. The van der Waals surface area contributed by atoms with Crippen LogP contribution in [0.4, 0.5) is 0 Å². The first-order chi connectivity index (χ1) is 6.99. The monoisotopic (exact) mass is 206 g/mol. The molecular formula is C13H18O2. The van der Waals surface area contributed by atoms with Crippen LogP contribution >= 0.6 is 0 Å². The minimum absolute atomic E-state index is 0.156. The summed E-state index contributed by atoms with van der Waals surface area (Å²) in [7, 11) is 0. The summed E-state index contributed by atoms with van der Waals surface area (Å²) >= 11 is 0. The van der Waals surface area contributed by atoms with Gasteiger partial charge in [0.1, 0.15) is 12.0 Å². The van der Waals surface area contributed by atoms with Crippen molar-refractivity contribution in [3.63, 3.8) is 0 Å². The van der Waals surface area contributed by atoms with E-state index in [2.05, 4.69) is 0 Å². The fourth-order valence-corrected chi connectivity index (χ4v) is 1.82. The van der Waals surface area contributed by atoms with Gasteiger partial charge in [-0.05, 0) is 17.4 Å². The van der Waals surface area contributed by atoms with Crippen LogP contribution in [0, 0.1) is 0 Å². The van der Waals surface area contributed by atoms with Crippen LogP contribution in [-0.2, 0) is 0 Å². The summed E-state index contributed by atoms with van der Waals surface area (Å²) in [5, 5.41) is 10.1. The van der Waals surface area contributed by atoms with Crippen LogP contribution in [0.2, 0.25) is 0 Å². The lowest BCUT2D eigenvalue weighted by Crippen LogP contribution is -2.00. The maximum Gasteiger partial charge on any atom is 0.150 e. The molecule has 0 aromatic heterocycles. The average Bonchev–Trinajstić information content (AvgIpc) is 2.15. The van der Waals surface area contributed by atoms with Crippen molar-refractivity contribution in [1.82, 2.24) is 0 Å². The van der Waals surface area contributed by atoms with E-state index in [1.165, 1.54) is 0 Å². The summed E-state index contributed by atoms with van der Waals surface area (Å²) in [6, 6.07) is 3.62. The fourth-order valence-electron chi connectivity index (χ4n) is 1.82. The molecule has 82 valence electrons. The van der Waals surface area contributed by atoms with Crippen LogP contribution in [-0.4, -0.2) is 11.4 Å². The maximum absolute atomic E-state index is 10.9. The van der Waals surface area contributed by atoms with Crippen LogP contribution < -0.4 is 0 Å². The molecule has 0 spiro atoms. The number of phenolic OH excluding ortho intramolecular Hbond substituents is 1. The first kappa shape index (κ1) is 11.8. The zero-order valence-electron chi connectivity index (χ0n) is 9.74. The second-order valence-corrected chi connectivity index (χ2v) is 4.43. The van der Waals surface area contributed by atoms with E-state index in [1.807, 2.05) is 33.8 Å². The molecule has 0 aliphatic rings. The van der Waals surface area contributed by atoms with Crippen LogP contribution in [0.15, 0.2) is 12.1 Å². The molecule has 1 N–H and O–H groups in total. The third kappa shape index (κ3) is 2.20. The van der Waals surface area contributed by atoms with Gasteiger partial charge in [0.05, 0.1) is 0 Å². The quantitative estimate of drug-likeness (QED) is 0.769. The molecule has 15 heavy (non-hydrogen) atoms. The van der Waals surface area contributed by atoms with Gasteiger partial charge in [0.15, 0.2) is 0 Å². The molecule has 0 atom stereocenters. The van der Waals surface area contributed by atoms with Crippen molar-refractivity contribution in [2.75, 3.05) is 0 Å². The highest BCUT2D eigenvalue weighted by atomic mass is 16.3. The number of benzene rings is 1. The standard InChI is InChI=1S/C13H18O2/c1-8(2)11-6-5-10(7-14)12(9(3)4)13(11)15/h5-9,15H,1-4H3. The summed E-state index contributed by atoms with van der Waals surface area (Å²) in [6.07, 6.45) is 0.805. The van der Waals surface area contributed by atoms with E-state index in [-0.39, 0.29) is 17.6 Å². The number of carbonyl (C=O) groups is 1. The number of aldehydes is 1. The number of aromatic hydroxyl groups is 1. The third-order valence-corrected chi connectivity index (χ3v) is 2.61. The molecule has 1 aromatic carbocycles. The lowest BCUT2D eigenvalue weighted by atomic mass is 9.90. The number of rotatable bonds is 3. The van der Waals surface area contributed by atoms with E-state index in [1.54, 1.807) is 6.07 Å². The van der Waals surface area contributed by atoms with Crippen molar-refractivity contribution < 1.29 is 9.90 Å². The van der Waals surface area contributed by atoms with Crippen molar-refractivity contribution >= 4 is 6.29 Å². The molecule has 1 aromatic rings. The molecule has 0 heterocycles. The Morgan fingerprint density at radius 2 is 1.73 bits per heavy atom. The second kappa shape index (κ2) is 4.47. The molecular weight excluding hydrogens is 188 g/mol. The van der Waals surface area contributed by atoms with E-state index in [4.69, 9.17) is 0 Å². The Morgan fingerprint density at radius 3 is 2.13 bits per heavy atom. The van der Waals surface area contributed by atoms with E-state index in [9.17, 15) is 9.90 Å². The SMILES string of the molecule is CC(C)c1ccc(C=O)c(C(C)C)c1O. The van der Waals surface area contributed by atoms with Crippen molar-refractivity contribution in [2.45, 2.75) is 39.5 Å². The van der Waals surface area contributed by atoms with Gasteiger partial charge in [-0.15, -0.1) is 0 Å². The van der Waals surface area contributed by atoms with Crippen LogP contribution in [0.5, 0.6) is 5.75 Å². The highest BCUT2D eigenvalue weighted by molar-refractivity contribution is 5.79. The van der Waals surface area contributed by atoms with Gasteiger partial charge in [0.25, 0.3) is 0 Å². The number of hydrogen-bond donors (Lipinski definition) is 1. The van der Waals surface area contributed by atoms with Crippen molar-refractivity contribution in [1.29, 1.82) is 0 Å². The van der Waals surface area contributed by atoms with Crippen LogP contribution in [0.1, 0.15) is 61.0 Å². The van der Waals surface area contributed by atoms with Gasteiger partial charge in [0.2, 0.25) is 0 Å². The molecule has 0 aliphatic heterocycles. The summed E-state index contributed by atoms with van der Waals surface area (Å²) in [6.45, 7) is 8.01. The minimum Gasteiger partial charge on any atom is -0.507 e. The first-order valence-electron chi connectivity index (χ1n) is 5.30. The molecule has 2 heteroatoms. The average molecular weight is 206 g/mol. The third-order valence-electron chi connectivity index (χ3n) is 2.61. The zero-order valence-corrected chi connectivity index (χ0v) is 9.74. The first-order valence-corrected chi connectivity index (χ1v) is 5.30. The lowest BCUT2D eigenvalue weighted by molar-refractivity contribution is 0.112. The molecule has 0 amide bonds. The highest BCUT2D eigenvalue weighted by Crippen LogP contribution is 2.35. The van der Waals surface area contributed by atoms with Crippen LogP contribution in [0.3, 0.4) is 0 Å². The predicted octanol–water partition coefficient (Wildman–Crippen LogP) is 3.45. The molecule has 0 fully saturated rings. The van der Waals surface area contributed by atoms with E-state index in [0.29, 0.717) is 5.56 Å². The minimum atomic E-state index is 0.156. The molecule has 0 saturated carbocycles. The molecule has 0 aliphatic carbocycles. The molecule has 0 bridgehead atoms. The smallest absolute Gasteiger partial charge is 0.150 e. The number of carbonyl (C=O) groups excluding carboxylic acids is 1.